The summed E-state index contributed by atoms with van der Waals surface area (Å²) in [5.41, 5.74) is 0. The third kappa shape index (κ3) is 1.06. The number of carbonyl (C=O) groups is 1. The van der Waals surface area contributed by atoms with Gasteiger partial charge in [0.15, 0.2) is 11.6 Å². The maximum Gasteiger partial charge on any atom is 0.163 e. The fraction of sp³-hybridized carbons (Fsp3) is 0.889. The predicted molar refractivity (Wildman–Crippen MR) is 44.2 cm³/mol. The highest BCUT2D eigenvalue weighted by Crippen LogP contribution is 2.40. The van der Waals surface area contributed by atoms with Crippen molar-refractivity contribution in [3.05, 3.63) is 0 Å². The second-order valence-corrected chi connectivity index (χ2v) is 4.48. The van der Waals surface area contributed by atoms with Crippen molar-refractivity contribution in [2.75, 3.05) is 0 Å². The smallest absolute Gasteiger partial charge is 0.163 e. The van der Waals surface area contributed by atoms with Crippen LogP contribution in [0.3, 0.4) is 0 Å². The maximum absolute atomic E-state index is 11.4. The van der Waals surface area contributed by atoms with Gasteiger partial charge in [-0.1, -0.05) is 0 Å². The average Bonchev–Trinajstić information content (AvgIpc) is 2.71. The summed E-state index contributed by atoms with van der Waals surface area (Å²) in [7, 11) is 0. The Labute approximate surface area is 76.6 Å². The van der Waals surface area contributed by atoms with E-state index in [1.807, 2.05) is 13.8 Å². The van der Waals surface area contributed by atoms with Gasteiger partial charge in [-0.3, -0.25) is 10.1 Å². The molecule has 0 unspecified atom stereocenters. The molecular formula is C9H13NO3. The molecule has 1 saturated carbocycles. The molecule has 0 aromatic rings. The van der Waals surface area contributed by atoms with Crippen LogP contribution in [0, 0.1) is 0 Å². The van der Waals surface area contributed by atoms with E-state index in [2.05, 4.69) is 5.32 Å². The van der Waals surface area contributed by atoms with E-state index in [1.54, 1.807) is 0 Å². The van der Waals surface area contributed by atoms with Gasteiger partial charge >= 0.3 is 0 Å². The van der Waals surface area contributed by atoms with Crippen LogP contribution in [-0.2, 0) is 14.3 Å². The van der Waals surface area contributed by atoms with Gasteiger partial charge in [-0.2, -0.15) is 0 Å². The molecule has 1 N–H and O–H groups in total. The molecular weight excluding hydrogens is 170 g/mol. The van der Waals surface area contributed by atoms with Crippen LogP contribution in [0.5, 0.6) is 0 Å². The zero-order chi connectivity index (χ0) is 9.22. The van der Waals surface area contributed by atoms with Crippen molar-refractivity contribution >= 4 is 5.78 Å². The third-order valence-corrected chi connectivity index (χ3v) is 2.95. The van der Waals surface area contributed by atoms with Crippen LogP contribution >= 0.6 is 0 Å². The number of ether oxygens (including phenoxy) is 2. The fourth-order valence-electron chi connectivity index (χ4n) is 2.38. The third-order valence-electron chi connectivity index (χ3n) is 2.95. The number of ketones is 1. The zero-order valence-electron chi connectivity index (χ0n) is 7.74. The Morgan fingerprint density at radius 2 is 2.23 bits per heavy atom. The lowest BCUT2D eigenvalue weighted by Crippen LogP contribution is -2.38. The molecule has 2 saturated heterocycles. The van der Waals surface area contributed by atoms with Crippen molar-refractivity contribution < 1.29 is 14.3 Å². The van der Waals surface area contributed by atoms with Gasteiger partial charge in [0.05, 0.1) is 18.2 Å². The van der Waals surface area contributed by atoms with E-state index in [0.717, 1.165) is 0 Å². The van der Waals surface area contributed by atoms with Crippen LogP contribution in [-0.4, -0.2) is 35.9 Å². The maximum atomic E-state index is 11.4. The first-order chi connectivity index (χ1) is 6.07. The van der Waals surface area contributed by atoms with E-state index >= 15 is 0 Å². The molecule has 1 aliphatic carbocycles. The van der Waals surface area contributed by atoms with E-state index in [-0.39, 0.29) is 30.1 Å². The molecule has 4 atom stereocenters. The minimum atomic E-state index is -0.519. The SMILES string of the molecule is CC1(C)O[C@H]2[C@@H]3N[C@@H]3C(=O)C[C@H]2O1. The quantitative estimate of drug-likeness (QED) is 0.529. The van der Waals surface area contributed by atoms with Crippen LogP contribution < -0.4 is 5.32 Å². The Kier molecular flexibility index (Phi) is 1.30. The molecule has 2 aliphatic heterocycles. The summed E-state index contributed by atoms with van der Waals surface area (Å²) in [6.07, 6.45) is 0.555. The Bertz CT molecular complexity index is 276. The molecule has 3 rings (SSSR count). The summed E-state index contributed by atoms with van der Waals surface area (Å²) in [4.78, 5) is 11.4. The van der Waals surface area contributed by atoms with Crippen molar-refractivity contribution in [2.45, 2.75) is 50.3 Å². The predicted octanol–water partition coefficient (Wildman–Crippen LogP) is -0.180. The minimum absolute atomic E-state index is 0.0289. The van der Waals surface area contributed by atoms with Crippen molar-refractivity contribution in [3.63, 3.8) is 0 Å². The van der Waals surface area contributed by atoms with Crippen LogP contribution in [0.2, 0.25) is 0 Å². The van der Waals surface area contributed by atoms with Gasteiger partial charge < -0.3 is 9.47 Å². The van der Waals surface area contributed by atoms with Crippen molar-refractivity contribution in [3.8, 4) is 0 Å². The van der Waals surface area contributed by atoms with Crippen molar-refractivity contribution in [1.82, 2.24) is 5.32 Å². The number of carbonyl (C=O) groups excluding carboxylic acids is 1. The summed E-state index contributed by atoms with van der Waals surface area (Å²) in [6.45, 7) is 3.79. The molecule has 0 spiro atoms. The minimum Gasteiger partial charge on any atom is -0.344 e. The van der Waals surface area contributed by atoms with E-state index < -0.39 is 5.79 Å². The largest absolute Gasteiger partial charge is 0.344 e. The highest BCUT2D eigenvalue weighted by Gasteiger charge is 2.60. The highest BCUT2D eigenvalue weighted by atomic mass is 16.8. The molecule has 72 valence electrons. The van der Waals surface area contributed by atoms with Crippen molar-refractivity contribution in [1.29, 1.82) is 0 Å². The van der Waals surface area contributed by atoms with Crippen LogP contribution in [0.15, 0.2) is 0 Å². The van der Waals surface area contributed by atoms with Crippen LogP contribution in [0.1, 0.15) is 20.3 Å². The molecule has 4 heteroatoms. The normalized spacial score (nSPS) is 51.4. The molecule has 0 bridgehead atoms. The second-order valence-electron chi connectivity index (χ2n) is 4.48. The highest BCUT2D eigenvalue weighted by molar-refractivity contribution is 5.89. The number of nitrogens with one attached hydrogen (secondary N) is 1. The number of hydrogen-bond acceptors (Lipinski definition) is 4. The molecule has 4 nitrogen and oxygen atoms in total. The Morgan fingerprint density at radius 1 is 1.46 bits per heavy atom. The van der Waals surface area contributed by atoms with Gasteiger partial charge in [0.1, 0.15) is 6.10 Å². The molecule has 0 aromatic carbocycles. The lowest BCUT2D eigenvalue weighted by atomic mass is 9.94. The Balaban J connectivity index is 1.85. The van der Waals surface area contributed by atoms with Gasteiger partial charge in [0.2, 0.25) is 0 Å². The first-order valence-corrected chi connectivity index (χ1v) is 4.71. The number of fused-ring (bicyclic) bond motifs is 3. The summed E-state index contributed by atoms with van der Waals surface area (Å²) in [5.74, 6) is -0.248. The van der Waals surface area contributed by atoms with E-state index in [9.17, 15) is 4.79 Å². The molecule has 0 radical (unpaired) electrons. The van der Waals surface area contributed by atoms with Crippen LogP contribution in [0.25, 0.3) is 0 Å². The Morgan fingerprint density at radius 3 is 3.00 bits per heavy atom. The van der Waals surface area contributed by atoms with Gasteiger partial charge in [0, 0.05) is 6.42 Å². The monoisotopic (exact) mass is 183 g/mol. The zero-order valence-corrected chi connectivity index (χ0v) is 7.74. The van der Waals surface area contributed by atoms with Gasteiger partial charge in [-0.15, -0.1) is 0 Å². The fourth-order valence-corrected chi connectivity index (χ4v) is 2.38. The van der Waals surface area contributed by atoms with Gasteiger partial charge in [-0.05, 0) is 13.8 Å². The molecule has 13 heavy (non-hydrogen) atoms. The topological polar surface area (TPSA) is 57.5 Å². The van der Waals surface area contributed by atoms with Gasteiger partial charge in [-0.25, -0.2) is 0 Å². The summed E-state index contributed by atoms with van der Waals surface area (Å²) >= 11 is 0. The molecule has 0 amide bonds. The van der Waals surface area contributed by atoms with E-state index in [1.165, 1.54) is 0 Å². The van der Waals surface area contributed by atoms with E-state index in [4.69, 9.17) is 9.47 Å². The lowest BCUT2D eigenvalue weighted by molar-refractivity contribution is -0.146. The molecule has 2 heterocycles. The standard InChI is InChI=1S/C9H13NO3/c1-9(2)12-5-3-4(11)6-7(10-6)8(5)13-9/h5-8,10H,3H2,1-2H3/t5-,6-,7-,8-/m1/s1. The number of Topliss-reactive ketones (excluding diaryl/α,β-unsaturated/α-hetero) is 1. The number of hydrogen-bond donors (Lipinski definition) is 1. The molecule has 0 aromatic heterocycles. The molecule has 3 aliphatic rings. The summed E-state index contributed by atoms with van der Waals surface area (Å²) in [5, 5.41) is 3.14. The average molecular weight is 183 g/mol. The second kappa shape index (κ2) is 2.13. The first-order valence-electron chi connectivity index (χ1n) is 4.71. The Hall–Kier alpha value is -0.450. The summed E-state index contributed by atoms with van der Waals surface area (Å²) in [6, 6.07) is 0.270. The first kappa shape index (κ1) is 7.91. The van der Waals surface area contributed by atoms with Gasteiger partial charge in [0.25, 0.3) is 0 Å². The lowest BCUT2D eigenvalue weighted by Gasteiger charge is -2.18. The van der Waals surface area contributed by atoms with E-state index in [0.29, 0.717) is 6.42 Å². The number of rotatable bonds is 0. The molecule has 3 fully saturated rings. The summed E-state index contributed by atoms with van der Waals surface area (Å²) < 4.78 is 11.4. The van der Waals surface area contributed by atoms with Crippen molar-refractivity contribution in [2.24, 2.45) is 0 Å². The van der Waals surface area contributed by atoms with Crippen LogP contribution in [0.4, 0.5) is 0 Å².